The van der Waals surface area contributed by atoms with Crippen LogP contribution >= 0.6 is 0 Å². The Balaban J connectivity index is 2.01. The molecule has 0 saturated heterocycles. The predicted molar refractivity (Wildman–Crippen MR) is 61.6 cm³/mol. The molecule has 2 aromatic heterocycles. The van der Waals surface area contributed by atoms with Crippen molar-refractivity contribution < 1.29 is 0 Å². The van der Waals surface area contributed by atoms with Gasteiger partial charge in [-0.1, -0.05) is 4.99 Å². The van der Waals surface area contributed by atoms with Crippen LogP contribution in [0.1, 0.15) is 0 Å². The van der Waals surface area contributed by atoms with Crippen molar-refractivity contribution in [3.63, 3.8) is 0 Å². The topological polar surface area (TPSA) is 53.0 Å². The third-order valence-corrected chi connectivity index (χ3v) is 2.66. The molecule has 7 heteroatoms. The van der Waals surface area contributed by atoms with Gasteiger partial charge in [0, 0.05) is 12.4 Å². The van der Waals surface area contributed by atoms with Gasteiger partial charge in [0.1, 0.15) is 0 Å². The summed E-state index contributed by atoms with van der Waals surface area (Å²) >= 11 is 0. The maximum absolute atomic E-state index is 4.08. The summed E-state index contributed by atoms with van der Waals surface area (Å²) in [6.45, 7) is 0. The highest BCUT2D eigenvalue weighted by Gasteiger charge is 2.20. The summed E-state index contributed by atoms with van der Waals surface area (Å²) in [5, 5.41) is 0. The SMILES string of the molecule is C1=CN([BH-](n2ccnc2)n2ccnc2)C=[N+]1. The van der Waals surface area contributed by atoms with E-state index in [-0.39, 0.29) is 0 Å². The first-order chi connectivity index (χ1) is 7.95. The van der Waals surface area contributed by atoms with Gasteiger partial charge in [-0.25, -0.2) is 9.97 Å². The lowest BCUT2D eigenvalue weighted by atomic mass is 9.90. The molecule has 2 aromatic rings. The van der Waals surface area contributed by atoms with Crippen LogP contribution in [0.4, 0.5) is 0 Å². The van der Waals surface area contributed by atoms with E-state index in [2.05, 4.69) is 28.7 Å². The highest BCUT2D eigenvalue weighted by atomic mass is 15.3. The van der Waals surface area contributed by atoms with Gasteiger partial charge in [0.25, 0.3) is 0 Å². The van der Waals surface area contributed by atoms with Crippen LogP contribution in [0.25, 0.3) is 0 Å². The average Bonchev–Trinajstić information content (AvgIpc) is 3.02. The highest BCUT2D eigenvalue weighted by Crippen LogP contribution is 2.03. The summed E-state index contributed by atoms with van der Waals surface area (Å²) < 4.78 is 4.12. The van der Waals surface area contributed by atoms with Crippen molar-refractivity contribution in [2.24, 2.45) is 0 Å². The summed E-state index contributed by atoms with van der Waals surface area (Å²) in [6, 6.07) is 0. The van der Waals surface area contributed by atoms with Crippen LogP contribution in [0.2, 0.25) is 0 Å². The van der Waals surface area contributed by atoms with E-state index in [1.54, 1.807) is 37.6 Å². The zero-order valence-electron chi connectivity index (χ0n) is 8.59. The maximum atomic E-state index is 4.08. The van der Waals surface area contributed by atoms with E-state index in [4.69, 9.17) is 0 Å². The van der Waals surface area contributed by atoms with Gasteiger partial charge in [-0.2, -0.15) is 0 Å². The smallest absolute Gasteiger partial charge is 0.380 e. The van der Waals surface area contributed by atoms with Crippen molar-refractivity contribution in [3.8, 4) is 0 Å². The van der Waals surface area contributed by atoms with E-state index in [1.807, 2.05) is 18.6 Å². The molecule has 0 spiro atoms. The average molecular weight is 213 g/mol. The second-order valence-electron chi connectivity index (χ2n) is 3.65. The van der Waals surface area contributed by atoms with Crippen molar-refractivity contribution >= 4 is 13.5 Å². The molecule has 0 aliphatic carbocycles. The summed E-state index contributed by atoms with van der Waals surface area (Å²) in [7, 11) is -0.979. The van der Waals surface area contributed by atoms with Gasteiger partial charge in [-0.15, -0.1) is 0 Å². The normalized spacial score (nSPS) is 14.2. The fraction of sp³-hybridized carbons (Fsp3) is 0. The number of imidazole rings is 2. The first-order valence-corrected chi connectivity index (χ1v) is 5.05. The minimum absolute atomic E-state index is 0.979. The minimum atomic E-state index is -0.979. The first-order valence-electron chi connectivity index (χ1n) is 5.05. The Hall–Kier alpha value is -2.31. The molecule has 3 rings (SSSR count). The van der Waals surface area contributed by atoms with Crippen LogP contribution in [0.15, 0.2) is 49.8 Å². The van der Waals surface area contributed by atoms with Crippen LogP contribution in [0, 0.1) is 0 Å². The molecule has 1 radical (unpaired) electrons. The van der Waals surface area contributed by atoms with Crippen molar-refractivity contribution in [2.75, 3.05) is 0 Å². The lowest BCUT2D eigenvalue weighted by Gasteiger charge is -2.28. The number of rotatable bonds is 3. The number of aromatic nitrogens is 4. The molecule has 0 fully saturated rings. The highest BCUT2D eigenvalue weighted by molar-refractivity contribution is 6.55. The van der Waals surface area contributed by atoms with E-state index in [0.717, 1.165) is 0 Å². The fourth-order valence-corrected chi connectivity index (χ4v) is 1.93. The van der Waals surface area contributed by atoms with Crippen molar-refractivity contribution in [3.05, 3.63) is 49.8 Å². The molecule has 1 aliphatic heterocycles. The van der Waals surface area contributed by atoms with Gasteiger partial charge >= 0.3 is 7.12 Å². The Morgan fingerprint density at radius 2 is 1.69 bits per heavy atom. The predicted octanol–water partition coefficient (Wildman–Crippen LogP) is -0.656. The van der Waals surface area contributed by atoms with E-state index in [1.165, 1.54) is 0 Å². The van der Waals surface area contributed by atoms with Crippen molar-refractivity contribution in [1.82, 2.24) is 28.7 Å². The lowest BCUT2D eigenvalue weighted by Crippen LogP contribution is -2.46. The van der Waals surface area contributed by atoms with Crippen LogP contribution < -0.4 is 4.99 Å². The zero-order valence-corrected chi connectivity index (χ0v) is 8.59. The number of hydrogen-bond acceptors (Lipinski definition) is 4. The standard InChI is InChI=1S/C9H10BN6/c1-4-14(7-11-1)10(15-5-2-12-8-15)16-6-3-13-9-16/h1-10H. The van der Waals surface area contributed by atoms with Crippen LogP contribution in [0.5, 0.6) is 0 Å². The quantitative estimate of drug-likeness (QED) is 0.636. The molecule has 0 saturated carbocycles. The van der Waals surface area contributed by atoms with Gasteiger partial charge in [0.15, 0.2) is 6.20 Å². The third-order valence-electron chi connectivity index (χ3n) is 2.66. The second-order valence-corrected chi connectivity index (χ2v) is 3.65. The van der Waals surface area contributed by atoms with Crippen molar-refractivity contribution in [1.29, 1.82) is 0 Å². The second kappa shape index (κ2) is 3.69. The molecule has 0 atom stereocenters. The molecule has 0 N–H and O–H groups in total. The van der Waals surface area contributed by atoms with E-state index >= 15 is 0 Å². The minimum Gasteiger partial charge on any atom is -0.456 e. The molecule has 1 aliphatic rings. The maximum Gasteiger partial charge on any atom is 0.380 e. The zero-order chi connectivity index (χ0) is 10.8. The van der Waals surface area contributed by atoms with E-state index in [0.29, 0.717) is 0 Å². The molecule has 0 bridgehead atoms. The Morgan fingerprint density at radius 1 is 1.00 bits per heavy atom. The number of hydrogen-bond donors (Lipinski definition) is 0. The van der Waals surface area contributed by atoms with E-state index < -0.39 is 7.12 Å². The summed E-state index contributed by atoms with van der Waals surface area (Å²) in [5.41, 5.74) is 0. The molecule has 16 heavy (non-hydrogen) atoms. The van der Waals surface area contributed by atoms with Crippen LogP contribution in [-0.2, 0) is 0 Å². The largest absolute Gasteiger partial charge is 0.456 e. The molecule has 6 nitrogen and oxygen atoms in total. The fourth-order valence-electron chi connectivity index (χ4n) is 1.93. The molecule has 0 unspecified atom stereocenters. The van der Waals surface area contributed by atoms with Crippen LogP contribution in [-0.4, -0.2) is 37.2 Å². The first kappa shape index (κ1) is 8.96. The van der Waals surface area contributed by atoms with Gasteiger partial charge in [0.2, 0.25) is 6.34 Å². The summed E-state index contributed by atoms with van der Waals surface area (Å²) in [6.07, 6.45) is 16.6. The van der Waals surface area contributed by atoms with Crippen molar-refractivity contribution in [2.45, 2.75) is 0 Å². The lowest BCUT2D eigenvalue weighted by molar-refractivity contribution is 0.802. The van der Waals surface area contributed by atoms with Gasteiger partial charge in [0.05, 0.1) is 18.9 Å². The van der Waals surface area contributed by atoms with Gasteiger partial charge in [-0.05, 0) is 12.4 Å². The Morgan fingerprint density at radius 3 is 2.12 bits per heavy atom. The monoisotopic (exact) mass is 213 g/mol. The number of aliphatic imine (C=N–C) groups is 1. The number of nitrogens with zero attached hydrogens (tertiary/aromatic N) is 6. The van der Waals surface area contributed by atoms with Gasteiger partial charge < -0.3 is 13.8 Å². The Labute approximate surface area is 92.7 Å². The molecule has 3 heterocycles. The molecular formula is C9H10BN6. The summed E-state index contributed by atoms with van der Waals surface area (Å²) in [5.74, 6) is 0. The van der Waals surface area contributed by atoms with E-state index in [9.17, 15) is 0 Å². The molecule has 79 valence electrons. The third kappa shape index (κ3) is 1.42. The van der Waals surface area contributed by atoms with Crippen LogP contribution in [0.3, 0.4) is 0 Å². The van der Waals surface area contributed by atoms with Gasteiger partial charge in [-0.3, -0.25) is 0 Å². The Kier molecular flexibility index (Phi) is 2.07. The molecule has 0 aromatic carbocycles. The molecular weight excluding hydrogens is 203 g/mol. The summed E-state index contributed by atoms with van der Waals surface area (Å²) in [4.78, 5) is 14.3. The Bertz CT molecular complexity index is 454. The molecule has 0 amide bonds.